The molecule has 2 aromatic carbocycles. The highest BCUT2D eigenvalue weighted by atomic mass is 32.2. The minimum Gasteiger partial charge on any atom is -0.506 e. The van der Waals surface area contributed by atoms with Crippen molar-refractivity contribution in [1.82, 2.24) is 0 Å². The van der Waals surface area contributed by atoms with Crippen LogP contribution in [0.25, 0.3) is 11.1 Å². The van der Waals surface area contributed by atoms with Crippen LogP contribution in [0.2, 0.25) is 0 Å². The standard InChI is InChI=1S/C14H10F3NO4S/c15-14(16,17)23(21,22)18-12-7-11(4-5-13(12)20)10-3-1-2-9(6-10)8-19/h1-8,18,20H. The third kappa shape index (κ3) is 3.62. The van der Waals surface area contributed by atoms with Crippen LogP contribution in [0.15, 0.2) is 42.5 Å². The van der Waals surface area contributed by atoms with Crippen LogP contribution in [0.3, 0.4) is 0 Å². The third-order valence-corrected chi connectivity index (χ3v) is 4.00. The molecule has 0 spiro atoms. The van der Waals surface area contributed by atoms with Crippen LogP contribution in [0.5, 0.6) is 5.75 Å². The molecule has 0 atom stereocenters. The molecule has 0 heterocycles. The zero-order valence-corrected chi connectivity index (χ0v) is 12.1. The van der Waals surface area contributed by atoms with Gasteiger partial charge in [0.05, 0.1) is 5.69 Å². The number of phenols is 1. The van der Waals surface area contributed by atoms with E-state index in [9.17, 15) is 31.5 Å². The number of hydrogen-bond donors (Lipinski definition) is 2. The Morgan fingerprint density at radius 3 is 2.30 bits per heavy atom. The Bertz CT molecular complexity index is 847. The van der Waals surface area contributed by atoms with E-state index in [1.165, 1.54) is 22.9 Å². The molecule has 0 amide bonds. The lowest BCUT2D eigenvalue weighted by Gasteiger charge is -2.13. The highest BCUT2D eigenvalue weighted by Gasteiger charge is 2.46. The molecule has 122 valence electrons. The van der Waals surface area contributed by atoms with Crippen molar-refractivity contribution in [2.75, 3.05) is 4.72 Å². The van der Waals surface area contributed by atoms with Crippen molar-refractivity contribution >= 4 is 22.0 Å². The smallest absolute Gasteiger partial charge is 0.506 e. The summed E-state index contributed by atoms with van der Waals surface area (Å²) in [4.78, 5) is 10.8. The van der Waals surface area contributed by atoms with Crippen LogP contribution in [0.4, 0.5) is 18.9 Å². The van der Waals surface area contributed by atoms with Gasteiger partial charge in [-0.05, 0) is 29.3 Å². The number of aromatic hydroxyl groups is 1. The molecule has 0 aliphatic heterocycles. The Morgan fingerprint density at radius 2 is 1.70 bits per heavy atom. The number of alkyl halides is 3. The first-order chi connectivity index (χ1) is 10.6. The van der Waals surface area contributed by atoms with E-state index in [1.807, 2.05) is 0 Å². The topological polar surface area (TPSA) is 83.5 Å². The first-order valence-corrected chi connectivity index (χ1v) is 7.60. The van der Waals surface area contributed by atoms with Crippen LogP contribution in [0, 0.1) is 0 Å². The van der Waals surface area contributed by atoms with Crippen molar-refractivity contribution in [1.29, 1.82) is 0 Å². The summed E-state index contributed by atoms with van der Waals surface area (Å²) in [5.41, 5.74) is -4.98. The lowest BCUT2D eigenvalue weighted by molar-refractivity contribution is -0.0429. The summed E-state index contributed by atoms with van der Waals surface area (Å²) in [6.45, 7) is 0. The van der Waals surface area contributed by atoms with Crippen LogP contribution in [0.1, 0.15) is 10.4 Å². The second-order valence-corrected chi connectivity index (χ2v) is 6.20. The van der Waals surface area contributed by atoms with Gasteiger partial charge in [-0.1, -0.05) is 24.3 Å². The highest BCUT2D eigenvalue weighted by Crippen LogP contribution is 2.33. The predicted octanol–water partition coefficient (Wildman–Crippen LogP) is 3.13. The van der Waals surface area contributed by atoms with Crippen molar-refractivity contribution in [3.05, 3.63) is 48.0 Å². The fraction of sp³-hybridized carbons (Fsp3) is 0.0714. The molecule has 0 fully saturated rings. The van der Waals surface area contributed by atoms with Crippen LogP contribution >= 0.6 is 0 Å². The maximum absolute atomic E-state index is 12.4. The molecule has 2 aromatic rings. The number of sulfonamides is 1. The van der Waals surface area contributed by atoms with E-state index in [-0.39, 0.29) is 0 Å². The summed E-state index contributed by atoms with van der Waals surface area (Å²) in [6.07, 6.45) is 0.594. The van der Waals surface area contributed by atoms with Crippen molar-refractivity contribution < 1.29 is 31.5 Å². The molecule has 5 nitrogen and oxygen atoms in total. The largest absolute Gasteiger partial charge is 0.516 e. The molecule has 0 unspecified atom stereocenters. The third-order valence-electron chi connectivity index (χ3n) is 2.90. The number of anilines is 1. The number of carbonyl (C=O) groups is 1. The van der Waals surface area contributed by atoms with E-state index < -0.39 is 27.0 Å². The Labute approximate surface area is 129 Å². The summed E-state index contributed by atoms with van der Waals surface area (Å²) in [5.74, 6) is -0.659. The molecule has 0 bridgehead atoms. The van der Waals surface area contributed by atoms with Crippen LogP contribution in [-0.4, -0.2) is 25.3 Å². The molecule has 23 heavy (non-hydrogen) atoms. The molecule has 0 aliphatic rings. The Hall–Kier alpha value is -2.55. The van der Waals surface area contributed by atoms with Crippen molar-refractivity contribution in [2.45, 2.75) is 5.51 Å². The molecular formula is C14H10F3NO4S. The number of nitrogens with one attached hydrogen (secondary N) is 1. The number of halogens is 3. The average molecular weight is 345 g/mol. The number of phenolic OH excluding ortho intramolecular Hbond substituents is 1. The molecule has 0 aromatic heterocycles. The average Bonchev–Trinajstić information content (AvgIpc) is 2.48. The summed E-state index contributed by atoms with van der Waals surface area (Å²) in [6, 6.07) is 9.63. The van der Waals surface area contributed by atoms with Gasteiger partial charge in [0.2, 0.25) is 0 Å². The maximum atomic E-state index is 12.4. The van der Waals surface area contributed by atoms with Crippen molar-refractivity contribution in [3.8, 4) is 16.9 Å². The summed E-state index contributed by atoms with van der Waals surface area (Å²) < 4.78 is 60.8. The van der Waals surface area contributed by atoms with E-state index in [0.29, 0.717) is 23.0 Å². The number of aldehydes is 1. The number of benzene rings is 2. The van der Waals surface area contributed by atoms with Gasteiger partial charge in [-0.15, -0.1) is 0 Å². The van der Waals surface area contributed by atoms with E-state index in [2.05, 4.69) is 0 Å². The lowest BCUT2D eigenvalue weighted by atomic mass is 10.0. The first kappa shape index (κ1) is 16.8. The quantitative estimate of drug-likeness (QED) is 0.659. The molecule has 0 saturated carbocycles. The van der Waals surface area contributed by atoms with E-state index in [4.69, 9.17) is 0 Å². The Balaban J connectivity index is 2.46. The van der Waals surface area contributed by atoms with Gasteiger partial charge < -0.3 is 5.11 Å². The zero-order chi connectivity index (χ0) is 17.3. The minimum atomic E-state index is -5.65. The van der Waals surface area contributed by atoms with Gasteiger partial charge in [-0.2, -0.15) is 21.6 Å². The second kappa shape index (κ2) is 5.92. The van der Waals surface area contributed by atoms with E-state index in [0.717, 1.165) is 12.1 Å². The number of rotatable bonds is 4. The second-order valence-electron chi connectivity index (χ2n) is 4.53. The maximum Gasteiger partial charge on any atom is 0.516 e. The Kier molecular flexibility index (Phi) is 4.33. The molecule has 9 heteroatoms. The minimum absolute atomic E-state index is 0.325. The van der Waals surface area contributed by atoms with Crippen LogP contribution in [-0.2, 0) is 10.0 Å². The van der Waals surface area contributed by atoms with Gasteiger partial charge >= 0.3 is 15.5 Å². The SMILES string of the molecule is O=Cc1cccc(-c2ccc(O)c(NS(=O)(=O)C(F)(F)F)c2)c1. The van der Waals surface area contributed by atoms with Crippen molar-refractivity contribution in [2.24, 2.45) is 0 Å². The van der Waals surface area contributed by atoms with Crippen molar-refractivity contribution in [3.63, 3.8) is 0 Å². The van der Waals surface area contributed by atoms with Gasteiger partial charge in [0.15, 0.2) is 0 Å². The molecule has 0 aliphatic carbocycles. The molecule has 0 saturated heterocycles. The number of carbonyl (C=O) groups excluding carboxylic acids is 1. The normalized spacial score (nSPS) is 12.0. The molecule has 0 radical (unpaired) electrons. The van der Waals surface area contributed by atoms with Gasteiger partial charge in [-0.3, -0.25) is 9.52 Å². The van der Waals surface area contributed by atoms with Gasteiger partial charge in [0.1, 0.15) is 12.0 Å². The molecule has 2 rings (SSSR count). The summed E-state index contributed by atoms with van der Waals surface area (Å²) in [7, 11) is -5.65. The fourth-order valence-corrected chi connectivity index (χ4v) is 2.36. The van der Waals surface area contributed by atoms with E-state index in [1.54, 1.807) is 12.1 Å². The van der Waals surface area contributed by atoms with Gasteiger partial charge in [-0.25, -0.2) is 0 Å². The predicted molar refractivity (Wildman–Crippen MR) is 77.5 cm³/mol. The monoisotopic (exact) mass is 345 g/mol. The summed E-state index contributed by atoms with van der Waals surface area (Å²) >= 11 is 0. The Morgan fingerprint density at radius 1 is 1.04 bits per heavy atom. The first-order valence-electron chi connectivity index (χ1n) is 6.12. The zero-order valence-electron chi connectivity index (χ0n) is 11.3. The lowest BCUT2D eigenvalue weighted by Crippen LogP contribution is -2.29. The van der Waals surface area contributed by atoms with Gasteiger partial charge in [0, 0.05) is 5.56 Å². The summed E-state index contributed by atoms with van der Waals surface area (Å²) in [5, 5.41) is 9.56. The van der Waals surface area contributed by atoms with E-state index >= 15 is 0 Å². The van der Waals surface area contributed by atoms with Crippen LogP contribution < -0.4 is 4.72 Å². The molecule has 2 N–H and O–H groups in total. The fourth-order valence-electron chi connectivity index (χ4n) is 1.79. The van der Waals surface area contributed by atoms with Gasteiger partial charge in [0.25, 0.3) is 0 Å². The highest BCUT2D eigenvalue weighted by molar-refractivity contribution is 7.93. The number of hydrogen-bond acceptors (Lipinski definition) is 4. The molecular weight excluding hydrogens is 335 g/mol.